The number of carbonyl (C=O) groups excluding carboxylic acids is 2. The maximum atomic E-state index is 11.9. The Labute approximate surface area is 121 Å². The third-order valence-electron chi connectivity index (χ3n) is 3.28. The maximum Gasteiger partial charge on any atom is 0.506 e. The summed E-state index contributed by atoms with van der Waals surface area (Å²) in [4.78, 5) is 35.4. The average molecular weight is 293 g/mol. The Morgan fingerprint density at radius 3 is 2.67 bits per heavy atom. The Bertz CT molecular complexity index is 597. The first kappa shape index (κ1) is 14.8. The molecule has 1 aliphatic heterocycles. The zero-order valence-corrected chi connectivity index (χ0v) is 11.7. The van der Waals surface area contributed by atoms with E-state index in [9.17, 15) is 14.4 Å². The minimum Gasteiger partial charge on any atom is -0.465 e. The zero-order valence-electron chi connectivity index (χ0n) is 11.7. The summed E-state index contributed by atoms with van der Waals surface area (Å²) in [6, 6.07) is 4.89. The molecular formula is C14H15NO6. The number of anilines is 1. The van der Waals surface area contributed by atoms with Gasteiger partial charge in [-0.25, -0.2) is 9.59 Å². The number of rotatable bonds is 3. The van der Waals surface area contributed by atoms with Gasteiger partial charge in [0.05, 0.1) is 25.6 Å². The van der Waals surface area contributed by atoms with Crippen LogP contribution in [0.1, 0.15) is 22.3 Å². The van der Waals surface area contributed by atoms with Crippen molar-refractivity contribution in [3.8, 4) is 0 Å². The Balaban J connectivity index is 2.19. The standard InChI is InChI=1S/C14H15NO6/c1-8-5-9(3-4-11(8)13(17)20-2)15-7-10(6-12(15)16)21-14(18)19/h3-5,10H,6-7H2,1-2H3,(H,18,19). The lowest BCUT2D eigenvalue weighted by molar-refractivity contribution is -0.117. The van der Waals surface area contributed by atoms with Gasteiger partial charge in [0.25, 0.3) is 0 Å². The molecule has 1 fully saturated rings. The molecule has 1 aromatic carbocycles. The molecule has 0 aliphatic carbocycles. The second kappa shape index (κ2) is 5.82. The number of benzene rings is 1. The molecule has 0 aromatic heterocycles. The number of aryl methyl sites for hydroxylation is 1. The molecule has 1 aliphatic rings. The lowest BCUT2D eigenvalue weighted by Crippen LogP contribution is -2.26. The molecule has 112 valence electrons. The predicted molar refractivity (Wildman–Crippen MR) is 72.4 cm³/mol. The molecule has 21 heavy (non-hydrogen) atoms. The molecule has 0 bridgehead atoms. The van der Waals surface area contributed by atoms with Crippen LogP contribution in [0, 0.1) is 6.92 Å². The molecule has 2 rings (SSSR count). The third-order valence-corrected chi connectivity index (χ3v) is 3.28. The summed E-state index contributed by atoms with van der Waals surface area (Å²) in [5, 5.41) is 8.58. The molecule has 0 saturated carbocycles. The van der Waals surface area contributed by atoms with Crippen LogP contribution in [0.25, 0.3) is 0 Å². The quantitative estimate of drug-likeness (QED) is 0.850. The normalized spacial score (nSPS) is 17.7. The molecule has 1 heterocycles. The van der Waals surface area contributed by atoms with Crippen LogP contribution in [0.5, 0.6) is 0 Å². The maximum absolute atomic E-state index is 11.9. The molecule has 0 radical (unpaired) electrons. The molecule has 1 atom stereocenters. The summed E-state index contributed by atoms with van der Waals surface area (Å²) >= 11 is 0. The van der Waals surface area contributed by atoms with E-state index in [1.54, 1.807) is 25.1 Å². The van der Waals surface area contributed by atoms with E-state index in [2.05, 4.69) is 9.47 Å². The van der Waals surface area contributed by atoms with Crippen LogP contribution < -0.4 is 4.90 Å². The van der Waals surface area contributed by atoms with E-state index in [1.165, 1.54) is 12.0 Å². The first-order valence-corrected chi connectivity index (χ1v) is 6.31. The smallest absolute Gasteiger partial charge is 0.465 e. The number of carbonyl (C=O) groups is 3. The van der Waals surface area contributed by atoms with Crippen LogP contribution in [-0.2, 0) is 14.3 Å². The van der Waals surface area contributed by atoms with Crippen molar-refractivity contribution in [2.45, 2.75) is 19.4 Å². The summed E-state index contributed by atoms with van der Waals surface area (Å²) in [7, 11) is 1.30. The molecule has 1 saturated heterocycles. The SMILES string of the molecule is COC(=O)c1ccc(N2CC(OC(=O)O)CC2=O)cc1C. The van der Waals surface area contributed by atoms with Crippen LogP contribution in [0.3, 0.4) is 0 Å². The summed E-state index contributed by atoms with van der Waals surface area (Å²) in [6.07, 6.45) is -2.05. The highest BCUT2D eigenvalue weighted by Crippen LogP contribution is 2.25. The van der Waals surface area contributed by atoms with Crippen molar-refractivity contribution in [3.63, 3.8) is 0 Å². The van der Waals surface area contributed by atoms with Gasteiger partial charge >= 0.3 is 12.1 Å². The number of methoxy groups -OCH3 is 1. The second-order valence-electron chi connectivity index (χ2n) is 4.71. The van der Waals surface area contributed by atoms with Gasteiger partial charge in [0.1, 0.15) is 6.10 Å². The molecule has 0 spiro atoms. The second-order valence-corrected chi connectivity index (χ2v) is 4.71. The number of hydrogen-bond donors (Lipinski definition) is 1. The monoisotopic (exact) mass is 293 g/mol. The Morgan fingerprint density at radius 1 is 1.38 bits per heavy atom. The number of amides is 1. The van der Waals surface area contributed by atoms with Gasteiger partial charge in [0.15, 0.2) is 0 Å². The highest BCUT2D eigenvalue weighted by Gasteiger charge is 2.33. The molecule has 1 N–H and O–H groups in total. The van der Waals surface area contributed by atoms with Crippen LogP contribution in [0.15, 0.2) is 18.2 Å². The van der Waals surface area contributed by atoms with Crippen LogP contribution in [0.2, 0.25) is 0 Å². The van der Waals surface area contributed by atoms with Gasteiger partial charge in [-0.3, -0.25) is 4.79 Å². The van der Waals surface area contributed by atoms with Crippen LogP contribution in [0.4, 0.5) is 10.5 Å². The van der Waals surface area contributed by atoms with Crippen molar-refractivity contribution >= 4 is 23.7 Å². The van der Waals surface area contributed by atoms with Gasteiger partial charge in [-0.15, -0.1) is 0 Å². The van der Waals surface area contributed by atoms with E-state index in [0.29, 0.717) is 16.8 Å². The van der Waals surface area contributed by atoms with Gasteiger partial charge in [-0.2, -0.15) is 0 Å². The Morgan fingerprint density at radius 2 is 2.10 bits per heavy atom. The fraction of sp³-hybridized carbons (Fsp3) is 0.357. The fourth-order valence-electron chi connectivity index (χ4n) is 2.30. The molecule has 7 nitrogen and oxygen atoms in total. The van der Waals surface area contributed by atoms with Crippen LogP contribution in [-0.4, -0.2) is 42.9 Å². The van der Waals surface area contributed by atoms with E-state index in [4.69, 9.17) is 5.11 Å². The van der Waals surface area contributed by atoms with E-state index in [1.807, 2.05) is 0 Å². The molecule has 1 aromatic rings. The summed E-state index contributed by atoms with van der Waals surface area (Å²) in [5.41, 5.74) is 1.70. The zero-order chi connectivity index (χ0) is 15.6. The van der Waals surface area contributed by atoms with E-state index < -0.39 is 18.2 Å². The fourth-order valence-corrected chi connectivity index (χ4v) is 2.30. The largest absolute Gasteiger partial charge is 0.506 e. The predicted octanol–water partition coefficient (Wildman–Crippen LogP) is 1.58. The number of esters is 1. The molecule has 7 heteroatoms. The van der Waals surface area contributed by atoms with Crippen molar-refractivity contribution in [2.75, 3.05) is 18.6 Å². The van der Waals surface area contributed by atoms with Gasteiger partial charge in [0.2, 0.25) is 5.91 Å². The Kier molecular flexibility index (Phi) is 4.11. The summed E-state index contributed by atoms with van der Waals surface area (Å²) < 4.78 is 9.28. The molecule has 1 unspecified atom stereocenters. The van der Waals surface area contributed by atoms with Gasteiger partial charge in [0, 0.05) is 5.69 Å². The van der Waals surface area contributed by atoms with Crippen molar-refractivity contribution in [1.82, 2.24) is 0 Å². The highest BCUT2D eigenvalue weighted by atomic mass is 16.7. The minimum absolute atomic E-state index is 0.0180. The van der Waals surface area contributed by atoms with Gasteiger partial charge in [-0.05, 0) is 30.7 Å². The van der Waals surface area contributed by atoms with Crippen molar-refractivity contribution < 1.29 is 29.0 Å². The minimum atomic E-state index is -1.40. The topological polar surface area (TPSA) is 93.1 Å². The Hall–Kier alpha value is -2.57. The molecule has 1 amide bonds. The van der Waals surface area contributed by atoms with E-state index in [0.717, 1.165) is 0 Å². The average Bonchev–Trinajstić information content (AvgIpc) is 2.77. The van der Waals surface area contributed by atoms with Crippen molar-refractivity contribution in [3.05, 3.63) is 29.3 Å². The first-order valence-electron chi connectivity index (χ1n) is 6.31. The van der Waals surface area contributed by atoms with E-state index in [-0.39, 0.29) is 18.9 Å². The lowest BCUT2D eigenvalue weighted by atomic mass is 10.1. The number of ether oxygens (including phenoxy) is 2. The van der Waals surface area contributed by atoms with E-state index >= 15 is 0 Å². The highest BCUT2D eigenvalue weighted by molar-refractivity contribution is 5.97. The van der Waals surface area contributed by atoms with Crippen molar-refractivity contribution in [2.24, 2.45) is 0 Å². The lowest BCUT2D eigenvalue weighted by Gasteiger charge is -2.17. The number of hydrogen-bond acceptors (Lipinski definition) is 5. The van der Waals surface area contributed by atoms with Gasteiger partial charge in [-0.1, -0.05) is 0 Å². The molecular weight excluding hydrogens is 278 g/mol. The van der Waals surface area contributed by atoms with Gasteiger partial charge < -0.3 is 19.5 Å². The third kappa shape index (κ3) is 3.13. The summed E-state index contributed by atoms with van der Waals surface area (Å²) in [6.45, 7) is 1.91. The van der Waals surface area contributed by atoms with Crippen LogP contribution >= 0.6 is 0 Å². The van der Waals surface area contributed by atoms with Crippen molar-refractivity contribution in [1.29, 1.82) is 0 Å². The first-order chi connectivity index (χ1) is 9.92. The number of nitrogens with zero attached hydrogens (tertiary/aromatic N) is 1. The number of carboxylic acid groups (broad SMARTS) is 1. The summed E-state index contributed by atoms with van der Waals surface area (Å²) in [5.74, 6) is -0.662.